The average Bonchev–Trinajstić information content (AvgIpc) is 2.93. The molecule has 0 spiro atoms. The highest BCUT2D eigenvalue weighted by Crippen LogP contribution is 2.30. The SMILES string of the molecule is COc1cccc([C@@]2(C)NC(=O)N(NC(=O)[C@H](C)Oc3ccc(Cl)cc3)C2=O)c1. The molecular weight excluding hydrogens is 398 g/mol. The number of nitrogens with one attached hydrogen (secondary N) is 2. The molecule has 1 aliphatic rings. The third-order valence-corrected chi connectivity index (χ3v) is 4.81. The van der Waals surface area contributed by atoms with E-state index in [-0.39, 0.29) is 0 Å². The molecule has 0 unspecified atom stereocenters. The molecule has 29 heavy (non-hydrogen) atoms. The molecule has 0 saturated carbocycles. The fourth-order valence-corrected chi connectivity index (χ4v) is 2.97. The Morgan fingerprint density at radius 1 is 1.17 bits per heavy atom. The van der Waals surface area contributed by atoms with Crippen LogP contribution in [0.15, 0.2) is 48.5 Å². The number of benzene rings is 2. The van der Waals surface area contributed by atoms with Gasteiger partial charge in [0.2, 0.25) is 0 Å². The van der Waals surface area contributed by atoms with Crippen molar-refractivity contribution < 1.29 is 23.9 Å². The number of amides is 4. The predicted octanol–water partition coefficient (Wildman–Crippen LogP) is 2.61. The minimum atomic E-state index is -1.35. The van der Waals surface area contributed by atoms with Crippen LogP contribution in [0.4, 0.5) is 4.79 Å². The Morgan fingerprint density at radius 2 is 1.86 bits per heavy atom. The maximum atomic E-state index is 12.9. The summed E-state index contributed by atoms with van der Waals surface area (Å²) in [5.74, 6) is -0.310. The van der Waals surface area contributed by atoms with E-state index in [9.17, 15) is 14.4 Å². The summed E-state index contributed by atoms with van der Waals surface area (Å²) in [7, 11) is 1.51. The normalized spacial score (nSPS) is 19.5. The Labute approximate surface area is 172 Å². The van der Waals surface area contributed by atoms with Gasteiger partial charge >= 0.3 is 6.03 Å². The molecule has 0 aliphatic carbocycles. The van der Waals surface area contributed by atoms with Crippen LogP contribution in [0.25, 0.3) is 0 Å². The maximum absolute atomic E-state index is 12.9. The molecule has 2 aromatic rings. The standard InChI is InChI=1S/C20H20ClN3O5/c1-12(29-15-9-7-14(21)8-10-15)17(25)23-24-18(26)20(2,22-19(24)27)13-5-4-6-16(11-13)28-3/h4-12H,1-3H3,(H,22,27)(H,23,25)/t12-,20+/m0/s1. The van der Waals surface area contributed by atoms with Crippen molar-refractivity contribution in [1.82, 2.24) is 15.8 Å². The second-order valence-electron chi connectivity index (χ2n) is 6.62. The highest BCUT2D eigenvalue weighted by atomic mass is 35.5. The van der Waals surface area contributed by atoms with Crippen molar-refractivity contribution in [2.75, 3.05) is 7.11 Å². The van der Waals surface area contributed by atoms with E-state index < -0.39 is 29.5 Å². The van der Waals surface area contributed by atoms with Crippen LogP contribution in [-0.2, 0) is 15.1 Å². The van der Waals surface area contributed by atoms with Crippen molar-refractivity contribution in [3.63, 3.8) is 0 Å². The van der Waals surface area contributed by atoms with E-state index in [0.29, 0.717) is 27.1 Å². The van der Waals surface area contributed by atoms with Gasteiger partial charge in [-0.15, -0.1) is 0 Å². The zero-order chi connectivity index (χ0) is 21.2. The summed E-state index contributed by atoms with van der Waals surface area (Å²) in [6, 6.07) is 12.5. The van der Waals surface area contributed by atoms with E-state index in [4.69, 9.17) is 21.1 Å². The Kier molecular flexibility index (Phi) is 5.65. The highest BCUT2D eigenvalue weighted by molar-refractivity contribution is 6.30. The van der Waals surface area contributed by atoms with Crippen LogP contribution < -0.4 is 20.2 Å². The molecule has 0 aromatic heterocycles. The van der Waals surface area contributed by atoms with Crippen molar-refractivity contribution in [1.29, 1.82) is 0 Å². The Bertz CT molecular complexity index is 949. The van der Waals surface area contributed by atoms with Crippen LogP contribution in [0.2, 0.25) is 5.02 Å². The van der Waals surface area contributed by atoms with E-state index in [1.807, 2.05) is 0 Å². The van der Waals surface area contributed by atoms with Gasteiger partial charge in [-0.2, -0.15) is 5.01 Å². The smallest absolute Gasteiger partial charge is 0.344 e. The molecule has 1 heterocycles. The molecule has 8 nitrogen and oxygen atoms in total. The van der Waals surface area contributed by atoms with E-state index in [0.717, 1.165) is 0 Å². The summed E-state index contributed by atoms with van der Waals surface area (Å²) in [5, 5.41) is 3.80. The minimum absolute atomic E-state index is 0.426. The molecule has 4 amide bonds. The number of methoxy groups -OCH3 is 1. The molecule has 2 atom stereocenters. The Morgan fingerprint density at radius 3 is 2.52 bits per heavy atom. The number of rotatable bonds is 6. The van der Waals surface area contributed by atoms with Gasteiger partial charge in [0.25, 0.3) is 11.8 Å². The van der Waals surface area contributed by atoms with Crippen molar-refractivity contribution in [3.8, 4) is 11.5 Å². The Hall–Kier alpha value is -3.26. The lowest BCUT2D eigenvalue weighted by Gasteiger charge is -2.23. The van der Waals surface area contributed by atoms with Gasteiger partial charge in [-0.3, -0.25) is 15.0 Å². The number of hydrogen-bond acceptors (Lipinski definition) is 5. The summed E-state index contributed by atoms with van der Waals surface area (Å²) in [6.07, 6.45) is -0.958. The number of carbonyl (C=O) groups is 3. The van der Waals surface area contributed by atoms with E-state index in [1.54, 1.807) is 55.5 Å². The third kappa shape index (κ3) is 4.12. The molecule has 2 N–H and O–H groups in total. The lowest BCUT2D eigenvalue weighted by molar-refractivity contribution is -0.141. The Balaban J connectivity index is 1.72. The van der Waals surface area contributed by atoms with Gasteiger partial charge in [0.15, 0.2) is 6.10 Å². The molecular formula is C20H20ClN3O5. The molecule has 1 saturated heterocycles. The van der Waals surface area contributed by atoms with Gasteiger partial charge in [0.05, 0.1) is 7.11 Å². The monoisotopic (exact) mass is 417 g/mol. The minimum Gasteiger partial charge on any atom is -0.497 e. The molecule has 1 fully saturated rings. The third-order valence-electron chi connectivity index (χ3n) is 4.56. The molecule has 3 rings (SSSR count). The predicted molar refractivity (Wildman–Crippen MR) is 105 cm³/mol. The topological polar surface area (TPSA) is 97.0 Å². The van der Waals surface area contributed by atoms with E-state index in [2.05, 4.69) is 10.7 Å². The van der Waals surface area contributed by atoms with Gasteiger partial charge < -0.3 is 14.8 Å². The van der Waals surface area contributed by atoms with Crippen molar-refractivity contribution in [3.05, 3.63) is 59.1 Å². The molecule has 1 aliphatic heterocycles. The van der Waals surface area contributed by atoms with E-state index >= 15 is 0 Å². The number of ether oxygens (including phenoxy) is 2. The largest absolute Gasteiger partial charge is 0.497 e. The van der Waals surface area contributed by atoms with Crippen molar-refractivity contribution >= 4 is 29.4 Å². The first-order chi connectivity index (χ1) is 13.7. The average molecular weight is 418 g/mol. The number of imide groups is 1. The summed E-state index contributed by atoms with van der Waals surface area (Å²) in [5.41, 5.74) is 1.49. The summed E-state index contributed by atoms with van der Waals surface area (Å²) < 4.78 is 10.7. The van der Waals surface area contributed by atoms with Crippen LogP contribution in [0.3, 0.4) is 0 Å². The lowest BCUT2D eigenvalue weighted by Crippen LogP contribution is -2.51. The fourth-order valence-electron chi connectivity index (χ4n) is 2.84. The second-order valence-corrected chi connectivity index (χ2v) is 7.05. The number of nitrogens with zero attached hydrogens (tertiary/aromatic N) is 1. The zero-order valence-corrected chi connectivity index (χ0v) is 16.8. The summed E-state index contributed by atoms with van der Waals surface area (Å²) >= 11 is 5.82. The number of hydrogen-bond donors (Lipinski definition) is 2. The summed E-state index contributed by atoms with van der Waals surface area (Å²) in [6.45, 7) is 3.06. The first kappa shape index (κ1) is 20.5. The highest BCUT2D eigenvalue weighted by Gasteiger charge is 2.50. The first-order valence-electron chi connectivity index (χ1n) is 8.78. The van der Waals surface area contributed by atoms with Gasteiger partial charge in [0, 0.05) is 5.02 Å². The first-order valence-corrected chi connectivity index (χ1v) is 9.16. The molecule has 2 aromatic carbocycles. The van der Waals surface area contributed by atoms with E-state index in [1.165, 1.54) is 14.0 Å². The number of urea groups is 1. The van der Waals surface area contributed by atoms with Crippen molar-refractivity contribution in [2.45, 2.75) is 25.5 Å². The molecule has 9 heteroatoms. The van der Waals surface area contributed by atoms with Crippen LogP contribution >= 0.6 is 11.6 Å². The van der Waals surface area contributed by atoms with Gasteiger partial charge in [0.1, 0.15) is 17.0 Å². The van der Waals surface area contributed by atoms with Gasteiger partial charge in [-0.1, -0.05) is 23.7 Å². The number of hydrazine groups is 1. The maximum Gasteiger partial charge on any atom is 0.344 e. The quantitative estimate of drug-likeness (QED) is 0.704. The molecule has 152 valence electrons. The lowest BCUT2D eigenvalue weighted by atomic mass is 9.92. The van der Waals surface area contributed by atoms with Crippen LogP contribution in [0, 0.1) is 0 Å². The second kappa shape index (κ2) is 8.00. The number of carbonyl (C=O) groups excluding carboxylic acids is 3. The molecule has 0 radical (unpaired) electrons. The van der Waals surface area contributed by atoms with Crippen LogP contribution in [-0.4, -0.2) is 36.1 Å². The molecule has 0 bridgehead atoms. The van der Waals surface area contributed by atoms with Crippen LogP contribution in [0.5, 0.6) is 11.5 Å². The number of halogens is 1. The fraction of sp³-hybridized carbons (Fsp3) is 0.250. The van der Waals surface area contributed by atoms with Gasteiger partial charge in [-0.25, -0.2) is 4.79 Å². The van der Waals surface area contributed by atoms with Gasteiger partial charge in [-0.05, 0) is 55.8 Å². The van der Waals surface area contributed by atoms with Crippen molar-refractivity contribution in [2.24, 2.45) is 0 Å². The van der Waals surface area contributed by atoms with Crippen LogP contribution in [0.1, 0.15) is 19.4 Å². The zero-order valence-electron chi connectivity index (χ0n) is 16.1. The summed E-state index contributed by atoms with van der Waals surface area (Å²) in [4.78, 5) is 37.8.